The fourth-order valence-corrected chi connectivity index (χ4v) is 2.17. The molecule has 1 aliphatic rings. The van der Waals surface area contributed by atoms with E-state index >= 15 is 0 Å². The van der Waals surface area contributed by atoms with Gasteiger partial charge in [0.05, 0.1) is 17.1 Å². The summed E-state index contributed by atoms with van der Waals surface area (Å²) in [4.78, 5) is 27.7. The summed E-state index contributed by atoms with van der Waals surface area (Å²) in [6.07, 6.45) is 1.29. The van der Waals surface area contributed by atoms with Gasteiger partial charge < -0.3 is 5.32 Å². The van der Waals surface area contributed by atoms with Crippen LogP contribution in [0.4, 0.5) is 11.6 Å². The molecule has 0 aliphatic carbocycles. The summed E-state index contributed by atoms with van der Waals surface area (Å²) in [6, 6.07) is 6.15. The van der Waals surface area contributed by atoms with Crippen molar-refractivity contribution in [2.75, 3.05) is 10.6 Å². The van der Waals surface area contributed by atoms with E-state index in [1.165, 1.54) is 11.0 Å². The van der Waals surface area contributed by atoms with E-state index in [-0.39, 0.29) is 24.2 Å². The number of hydrogen-bond acceptors (Lipinski definition) is 4. The van der Waals surface area contributed by atoms with Crippen LogP contribution in [-0.4, -0.2) is 26.6 Å². The first-order valence-corrected chi connectivity index (χ1v) is 6.27. The van der Waals surface area contributed by atoms with Crippen molar-refractivity contribution in [3.63, 3.8) is 0 Å². The number of para-hydroxylation sites is 1. The van der Waals surface area contributed by atoms with Crippen molar-refractivity contribution in [3.8, 4) is 0 Å². The zero-order valence-electron chi connectivity index (χ0n) is 10.2. The van der Waals surface area contributed by atoms with Crippen molar-refractivity contribution in [1.29, 1.82) is 0 Å². The number of aromatic nitrogens is 3. The van der Waals surface area contributed by atoms with E-state index in [9.17, 15) is 9.59 Å². The molecule has 1 atom stereocenters. The molecule has 0 saturated heterocycles. The molecule has 102 valence electrons. The normalized spacial score (nSPS) is 17.2. The maximum Gasteiger partial charge on any atom is 0.249 e. The summed E-state index contributed by atoms with van der Waals surface area (Å²) in [5, 5.41) is 9.62. The fraction of sp³-hybridized carbons (Fsp3) is 0.167. The lowest BCUT2D eigenvalue weighted by Gasteiger charge is -2.22. The number of anilines is 2. The van der Waals surface area contributed by atoms with Crippen molar-refractivity contribution >= 4 is 35.1 Å². The quantitative estimate of drug-likeness (QED) is 0.876. The molecule has 20 heavy (non-hydrogen) atoms. The SMILES string of the molecule is O=C1CC(C(=O)Nc2ccccc2Cl)n2ncnc2N1. The van der Waals surface area contributed by atoms with Crippen LogP contribution < -0.4 is 10.6 Å². The van der Waals surface area contributed by atoms with Crippen molar-refractivity contribution < 1.29 is 9.59 Å². The van der Waals surface area contributed by atoms with Crippen LogP contribution in [0.3, 0.4) is 0 Å². The second-order valence-electron chi connectivity index (χ2n) is 4.27. The van der Waals surface area contributed by atoms with E-state index in [0.717, 1.165) is 0 Å². The fourth-order valence-electron chi connectivity index (χ4n) is 1.99. The molecular formula is C12H10ClN5O2. The minimum absolute atomic E-state index is 0.00659. The third-order valence-corrected chi connectivity index (χ3v) is 3.26. The van der Waals surface area contributed by atoms with E-state index < -0.39 is 6.04 Å². The monoisotopic (exact) mass is 291 g/mol. The van der Waals surface area contributed by atoms with E-state index in [4.69, 9.17) is 11.6 Å². The predicted octanol–water partition coefficient (Wildman–Crippen LogP) is 1.45. The second kappa shape index (κ2) is 4.93. The topological polar surface area (TPSA) is 88.9 Å². The highest BCUT2D eigenvalue weighted by atomic mass is 35.5. The Labute approximate surface area is 118 Å². The Kier molecular flexibility index (Phi) is 3.11. The Balaban J connectivity index is 1.85. The van der Waals surface area contributed by atoms with Crippen LogP contribution in [0.5, 0.6) is 0 Å². The van der Waals surface area contributed by atoms with Gasteiger partial charge >= 0.3 is 0 Å². The van der Waals surface area contributed by atoms with Crippen molar-refractivity contribution in [3.05, 3.63) is 35.6 Å². The first-order valence-electron chi connectivity index (χ1n) is 5.90. The number of nitrogens with one attached hydrogen (secondary N) is 2. The van der Waals surface area contributed by atoms with Crippen LogP contribution in [0.1, 0.15) is 12.5 Å². The van der Waals surface area contributed by atoms with Crippen LogP contribution in [0.25, 0.3) is 0 Å². The van der Waals surface area contributed by atoms with Gasteiger partial charge in [0.2, 0.25) is 17.8 Å². The van der Waals surface area contributed by atoms with Gasteiger partial charge in [-0.05, 0) is 12.1 Å². The van der Waals surface area contributed by atoms with Gasteiger partial charge in [0.1, 0.15) is 12.4 Å². The Hall–Kier alpha value is -2.41. The lowest BCUT2D eigenvalue weighted by atomic mass is 10.1. The largest absolute Gasteiger partial charge is 0.323 e. The second-order valence-corrected chi connectivity index (χ2v) is 4.67. The molecule has 1 aromatic carbocycles. The molecule has 1 unspecified atom stereocenters. The lowest BCUT2D eigenvalue weighted by Crippen LogP contribution is -2.36. The van der Waals surface area contributed by atoms with Crippen LogP contribution in [0.2, 0.25) is 5.02 Å². The number of rotatable bonds is 2. The van der Waals surface area contributed by atoms with Crippen LogP contribution in [0, 0.1) is 0 Å². The Bertz CT molecular complexity index is 684. The minimum Gasteiger partial charge on any atom is -0.323 e. The molecule has 0 bridgehead atoms. The number of halogens is 1. The molecule has 2 aromatic rings. The number of hydrogen-bond donors (Lipinski definition) is 2. The highest BCUT2D eigenvalue weighted by Crippen LogP contribution is 2.25. The zero-order valence-corrected chi connectivity index (χ0v) is 11.0. The molecule has 7 nitrogen and oxygen atoms in total. The summed E-state index contributed by atoms with van der Waals surface area (Å²) in [5.74, 6) is -0.370. The Morgan fingerprint density at radius 3 is 3.05 bits per heavy atom. The molecule has 1 aromatic heterocycles. The molecule has 2 amide bonds. The van der Waals surface area contributed by atoms with E-state index in [1.807, 2.05) is 0 Å². The molecule has 0 spiro atoms. The molecule has 0 radical (unpaired) electrons. The van der Waals surface area contributed by atoms with Gasteiger partial charge in [-0.25, -0.2) is 4.68 Å². The molecule has 2 heterocycles. The zero-order chi connectivity index (χ0) is 14.1. The molecule has 0 saturated carbocycles. The Morgan fingerprint density at radius 2 is 2.25 bits per heavy atom. The summed E-state index contributed by atoms with van der Waals surface area (Å²) < 4.78 is 1.38. The number of carbonyl (C=O) groups is 2. The van der Waals surface area contributed by atoms with Crippen molar-refractivity contribution in [2.45, 2.75) is 12.5 Å². The van der Waals surface area contributed by atoms with Crippen LogP contribution in [-0.2, 0) is 9.59 Å². The smallest absolute Gasteiger partial charge is 0.249 e. The number of nitrogens with zero attached hydrogens (tertiary/aromatic N) is 3. The van der Waals surface area contributed by atoms with Crippen LogP contribution >= 0.6 is 11.6 Å². The number of amides is 2. The van der Waals surface area contributed by atoms with Gasteiger partial charge in [-0.1, -0.05) is 23.7 Å². The van der Waals surface area contributed by atoms with Gasteiger partial charge in [0.15, 0.2) is 0 Å². The van der Waals surface area contributed by atoms with Crippen molar-refractivity contribution in [2.24, 2.45) is 0 Å². The molecule has 0 fully saturated rings. The highest BCUT2D eigenvalue weighted by molar-refractivity contribution is 6.33. The van der Waals surface area contributed by atoms with Crippen LogP contribution in [0.15, 0.2) is 30.6 Å². The maximum atomic E-state index is 12.3. The standard InChI is InChI=1S/C12H10ClN5O2/c13-7-3-1-2-4-8(7)16-11(20)9-5-10(19)17-12-14-6-15-18(9)12/h1-4,6,9H,5H2,(H,16,20)(H,14,15,17,19). The average Bonchev–Trinajstić information content (AvgIpc) is 2.88. The van der Waals surface area contributed by atoms with Gasteiger partial charge in [-0.15, -0.1) is 0 Å². The van der Waals surface area contributed by atoms with E-state index in [0.29, 0.717) is 10.7 Å². The summed E-state index contributed by atoms with van der Waals surface area (Å²) in [5.41, 5.74) is 0.492. The van der Waals surface area contributed by atoms with Gasteiger partial charge in [0.25, 0.3) is 0 Å². The number of fused-ring (bicyclic) bond motifs is 1. The minimum atomic E-state index is -0.738. The van der Waals surface area contributed by atoms with Crippen molar-refractivity contribution in [1.82, 2.24) is 14.8 Å². The predicted molar refractivity (Wildman–Crippen MR) is 72.4 cm³/mol. The first kappa shape index (κ1) is 12.6. The summed E-state index contributed by atoms with van der Waals surface area (Å²) >= 11 is 5.99. The van der Waals surface area contributed by atoms with E-state index in [1.54, 1.807) is 24.3 Å². The highest BCUT2D eigenvalue weighted by Gasteiger charge is 2.32. The van der Waals surface area contributed by atoms with Gasteiger partial charge in [-0.3, -0.25) is 14.9 Å². The summed E-state index contributed by atoms with van der Waals surface area (Å²) in [7, 11) is 0. The molecule has 8 heteroatoms. The summed E-state index contributed by atoms with van der Waals surface area (Å²) in [6.45, 7) is 0. The van der Waals surface area contributed by atoms with Gasteiger partial charge in [-0.2, -0.15) is 10.1 Å². The molecule has 2 N–H and O–H groups in total. The molecular weight excluding hydrogens is 282 g/mol. The molecule has 3 rings (SSSR count). The third kappa shape index (κ3) is 2.23. The Morgan fingerprint density at radius 1 is 1.45 bits per heavy atom. The number of carbonyl (C=O) groups excluding carboxylic acids is 2. The number of benzene rings is 1. The maximum absolute atomic E-state index is 12.3. The average molecular weight is 292 g/mol. The van der Waals surface area contributed by atoms with Gasteiger partial charge in [0, 0.05) is 0 Å². The molecule has 1 aliphatic heterocycles. The van der Waals surface area contributed by atoms with E-state index in [2.05, 4.69) is 20.7 Å². The third-order valence-electron chi connectivity index (χ3n) is 2.93. The lowest BCUT2D eigenvalue weighted by molar-refractivity contribution is -0.125. The first-order chi connectivity index (χ1) is 9.65.